The number of carbonyl (C=O) groups is 2. The van der Waals surface area contributed by atoms with Crippen molar-refractivity contribution in [2.24, 2.45) is 5.92 Å². The van der Waals surface area contributed by atoms with Crippen molar-refractivity contribution >= 4 is 11.8 Å². The molecule has 1 aliphatic carbocycles. The van der Waals surface area contributed by atoms with E-state index in [1.165, 1.54) is 0 Å². The third-order valence-corrected chi connectivity index (χ3v) is 3.70. The molecule has 2 amide bonds. The second-order valence-electron chi connectivity index (χ2n) is 4.68. The highest BCUT2D eigenvalue weighted by atomic mass is 16.5. The lowest BCUT2D eigenvalue weighted by Crippen LogP contribution is -2.30. The maximum atomic E-state index is 11.8. The molecule has 1 aromatic rings. The van der Waals surface area contributed by atoms with Crippen LogP contribution in [-0.4, -0.2) is 18.9 Å². The van der Waals surface area contributed by atoms with Crippen molar-refractivity contribution in [2.45, 2.75) is 18.4 Å². The Morgan fingerprint density at radius 2 is 2.06 bits per heavy atom. The van der Waals surface area contributed by atoms with Crippen molar-refractivity contribution < 1.29 is 14.3 Å². The van der Waals surface area contributed by atoms with E-state index in [4.69, 9.17) is 4.74 Å². The Hall–Kier alpha value is -1.68. The van der Waals surface area contributed by atoms with E-state index in [0.29, 0.717) is 13.0 Å². The molecular formula is C13H13NO3. The van der Waals surface area contributed by atoms with Gasteiger partial charge in [-0.1, -0.05) is 24.3 Å². The smallest absolute Gasteiger partial charge is 0.238 e. The number of carbonyl (C=O) groups excluding carboxylic acids is 2. The quantitative estimate of drug-likeness (QED) is 0.781. The third-order valence-electron chi connectivity index (χ3n) is 3.70. The zero-order chi connectivity index (χ0) is 12.0. The number of hydrogen-bond donors (Lipinski definition) is 1. The summed E-state index contributed by atoms with van der Waals surface area (Å²) in [6, 6.07) is 7.73. The van der Waals surface area contributed by atoms with Crippen LogP contribution in [0.2, 0.25) is 0 Å². The molecule has 0 bridgehead atoms. The van der Waals surface area contributed by atoms with E-state index >= 15 is 0 Å². The van der Waals surface area contributed by atoms with Crippen LogP contribution < -0.4 is 5.32 Å². The Balaban J connectivity index is 1.91. The second-order valence-corrected chi connectivity index (χ2v) is 4.68. The van der Waals surface area contributed by atoms with Gasteiger partial charge in [-0.05, 0) is 17.5 Å². The first-order valence-electron chi connectivity index (χ1n) is 5.62. The molecular weight excluding hydrogens is 218 g/mol. The number of imide groups is 1. The van der Waals surface area contributed by atoms with Crippen molar-refractivity contribution in [2.75, 3.05) is 7.11 Å². The summed E-state index contributed by atoms with van der Waals surface area (Å²) in [5.74, 6) is -0.425. The predicted octanol–water partition coefficient (Wildman–Crippen LogP) is 0.747. The van der Waals surface area contributed by atoms with Crippen molar-refractivity contribution in [3.63, 3.8) is 0 Å². The van der Waals surface area contributed by atoms with E-state index in [9.17, 15) is 9.59 Å². The molecule has 4 heteroatoms. The monoisotopic (exact) mass is 231 g/mol. The van der Waals surface area contributed by atoms with Crippen LogP contribution in [0.1, 0.15) is 17.5 Å². The molecule has 1 aliphatic heterocycles. The van der Waals surface area contributed by atoms with E-state index in [1.54, 1.807) is 7.11 Å². The number of rotatable bonds is 3. The number of amides is 2. The van der Waals surface area contributed by atoms with E-state index in [-0.39, 0.29) is 17.7 Å². The summed E-state index contributed by atoms with van der Waals surface area (Å²) < 4.78 is 5.03. The fourth-order valence-corrected chi connectivity index (χ4v) is 2.66. The minimum Gasteiger partial charge on any atom is -0.380 e. The van der Waals surface area contributed by atoms with Gasteiger partial charge in [-0.25, -0.2) is 0 Å². The normalized spacial score (nSPS) is 30.1. The van der Waals surface area contributed by atoms with Crippen molar-refractivity contribution in [3.05, 3.63) is 35.4 Å². The van der Waals surface area contributed by atoms with Crippen LogP contribution in [0.3, 0.4) is 0 Å². The molecule has 1 saturated carbocycles. The predicted molar refractivity (Wildman–Crippen MR) is 60.1 cm³/mol. The lowest BCUT2D eigenvalue weighted by Gasteiger charge is -2.10. The Bertz CT molecular complexity index is 494. The third kappa shape index (κ3) is 1.34. The van der Waals surface area contributed by atoms with Gasteiger partial charge in [-0.2, -0.15) is 0 Å². The first kappa shape index (κ1) is 10.5. The number of benzene rings is 1. The van der Waals surface area contributed by atoms with Gasteiger partial charge in [0.05, 0.1) is 17.9 Å². The number of piperidine rings is 1. The molecule has 1 aromatic carbocycles. The van der Waals surface area contributed by atoms with E-state index in [0.717, 1.165) is 11.1 Å². The van der Waals surface area contributed by atoms with E-state index in [1.807, 2.05) is 24.3 Å². The lowest BCUT2D eigenvalue weighted by atomic mass is 9.93. The van der Waals surface area contributed by atoms with Crippen LogP contribution in [0.4, 0.5) is 0 Å². The maximum Gasteiger partial charge on any atom is 0.238 e. The fraction of sp³-hybridized carbons (Fsp3) is 0.385. The van der Waals surface area contributed by atoms with E-state index < -0.39 is 5.41 Å². The molecule has 88 valence electrons. The van der Waals surface area contributed by atoms with Gasteiger partial charge in [0.1, 0.15) is 0 Å². The Morgan fingerprint density at radius 1 is 1.35 bits per heavy atom. The van der Waals surface area contributed by atoms with Crippen LogP contribution >= 0.6 is 0 Å². The molecule has 2 unspecified atom stereocenters. The number of hydrogen-bond acceptors (Lipinski definition) is 3. The van der Waals surface area contributed by atoms with Crippen molar-refractivity contribution in [3.8, 4) is 0 Å². The molecule has 17 heavy (non-hydrogen) atoms. The average molecular weight is 231 g/mol. The number of fused-ring (bicyclic) bond motifs is 1. The molecule has 0 spiro atoms. The van der Waals surface area contributed by atoms with Gasteiger partial charge in [0.15, 0.2) is 0 Å². The zero-order valence-corrected chi connectivity index (χ0v) is 9.53. The van der Waals surface area contributed by atoms with Crippen LogP contribution in [0.15, 0.2) is 24.3 Å². The average Bonchev–Trinajstić information content (AvgIpc) is 3.02. The van der Waals surface area contributed by atoms with Gasteiger partial charge in [-0.3, -0.25) is 14.9 Å². The molecule has 1 saturated heterocycles. The molecule has 1 N–H and O–H groups in total. The van der Waals surface area contributed by atoms with Crippen LogP contribution in [0.5, 0.6) is 0 Å². The van der Waals surface area contributed by atoms with Crippen molar-refractivity contribution in [1.29, 1.82) is 0 Å². The summed E-state index contributed by atoms with van der Waals surface area (Å²) in [7, 11) is 1.65. The Kier molecular flexibility index (Phi) is 2.10. The first-order valence-corrected chi connectivity index (χ1v) is 5.62. The summed E-state index contributed by atoms with van der Waals surface area (Å²) >= 11 is 0. The van der Waals surface area contributed by atoms with Gasteiger partial charge in [-0.15, -0.1) is 0 Å². The summed E-state index contributed by atoms with van der Waals surface area (Å²) in [5, 5.41) is 2.39. The minimum absolute atomic E-state index is 0.129. The number of ether oxygens (including phenoxy) is 1. The minimum atomic E-state index is -0.567. The molecule has 0 aromatic heterocycles. The van der Waals surface area contributed by atoms with Gasteiger partial charge < -0.3 is 4.74 Å². The Morgan fingerprint density at radius 3 is 2.53 bits per heavy atom. The molecule has 4 nitrogen and oxygen atoms in total. The molecule has 3 rings (SSSR count). The van der Waals surface area contributed by atoms with Gasteiger partial charge in [0.25, 0.3) is 0 Å². The summed E-state index contributed by atoms with van der Waals surface area (Å²) in [6.45, 7) is 0.557. The molecule has 2 aliphatic rings. The number of nitrogens with one attached hydrogen (secondary N) is 1. The van der Waals surface area contributed by atoms with Gasteiger partial charge in [0.2, 0.25) is 11.8 Å². The highest BCUT2D eigenvalue weighted by molar-refractivity contribution is 6.15. The highest BCUT2D eigenvalue weighted by Crippen LogP contribution is 2.57. The van der Waals surface area contributed by atoms with Crippen LogP contribution in [-0.2, 0) is 26.3 Å². The Labute approximate surface area is 99.0 Å². The maximum absolute atomic E-state index is 11.8. The topological polar surface area (TPSA) is 55.4 Å². The van der Waals surface area contributed by atoms with Gasteiger partial charge in [0, 0.05) is 7.11 Å². The summed E-state index contributed by atoms with van der Waals surface area (Å²) in [5.41, 5.74) is 1.43. The summed E-state index contributed by atoms with van der Waals surface area (Å²) in [6.07, 6.45) is 0.654. The SMILES string of the molecule is COCc1ccc(C23CC2C(=O)NC3=O)cc1. The largest absolute Gasteiger partial charge is 0.380 e. The highest BCUT2D eigenvalue weighted by Gasteiger charge is 2.69. The lowest BCUT2D eigenvalue weighted by molar-refractivity contribution is -0.127. The first-order chi connectivity index (χ1) is 8.18. The molecule has 1 heterocycles. The second kappa shape index (κ2) is 3.40. The zero-order valence-electron chi connectivity index (χ0n) is 9.53. The van der Waals surface area contributed by atoms with Crippen LogP contribution in [0.25, 0.3) is 0 Å². The fourth-order valence-electron chi connectivity index (χ4n) is 2.66. The van der Waals surface area contributed by atoms with E-state index in [2.05, 4.69) is 5.32 Å². The molecule has 2 atom stereocenters. The van der Waals surface area contributed by atoms with Crippen LogP contribution in [0, 0.1) is 5.92 Å². The van der Waals surface area contributed by atoms with Gasteiger partial charge >= 0.3 is 0 Å². The standard InChI is InChI=1S/C13H13NO3/c1-17-7-8-2-4-9(5-3-8)13-6-10(13)11(15)14-12(13)16/h2-5,10H,6-7H2,1H3,(H,14,15,16). The number of methoxy groups -OCH3 is 1. The molecule has 2 fully saturated rings. The summed E-state index contributed by atoms with van der Waals surface area (Å²) in [4.78, 5) is 23.2. The van der Waals surface area contributed by atoms with Crippen molar-refractivity contribution in [1.82, 2.24) is 5.32 Å². The molecule has 0 radical (unpaired) electrons.